The molecule has 0 radical (unpaired) electrons. The fourth-order valence-corrected chi connectivity index (χ4v) is 5.66. The summed E-state index contributed by atoms with van der Waals surface area (Å²) in [4.78, 5) is 30.1. The summed E-state index contributed by atoms with van der Waals surface area (Å²) in [6, 6.07) is -0.590. The van der Waals surface area contributed by atoms with Crippen LogP contribution in [0.1, 0.15) is 46.5 Å². The lowest BCUT2D eigenvalue weighted by Gasteiger charge is -2.39. The lowest BCUT2D eigenvalue weighted by atomic mass is 9.85. The topological polar surface area (TPSA) is 112 Å². The highest BCUT2D eigenvalue weighted by atomic mass is 16.3. The first-order chi connectivity index (χ1) is 14.7. The van der Waals surface area contributed by atoms with E-state index in [2.05, 4.69) is 26.5 Å². The molecule has 0 bridgehead atoms. The normalized spacial score (nSPS) is 35.9. The van der Waals surface area contributed by atoms with Gasteiger partial charge >= 0.3 is 0 Å². The fourth-order valence-electron chi connectivity index (χ4n) is 5.66. The molecule has 0 aromatic heterocycles. The fraction of sp³-hybridized carbons (Fsp3) is 0.905. The average molecular weight is 438 g/mol. The molecule has 10 nitrogen and oxygen atoms in total. The Balaban J connectivity index is 1.46. The summed E-state index contributed by atoms with van der Waals surface area (Å²) in [5.74, 6) is -0.348. The van der Waals surface area contributed by atoms with Crippen LogP contribution in [0.25, 0.3) is 0 Å². The molecule has 4 rings (SSSR count). The van der Waals surface area contributed by atoms with Crippen molar-refractivity contribution in [3.8, 4) is 0 Å². The van der Waals surface area contributed by atoms with E-state index in [0.717, 1.165) is 13.1 Å². The van der Waals surface area contributed by atoms with E-state index < -0.39 is 18.2 Å². The van der Waals surface area contributed by atoms with Gasteiger partial charge in [0, 0.05) is 39.1 Å². The summed E-state index contributed by atoms with van der Waals surface area (Å²) in [7, 11) is 1.57. The van der Waals surface area contributed by atoms with Gasteiger partial charge in [-0.2, -0.15) is 5.53 Å². The lowest BCUT2D eigenvalue weighted by molar-refractivity contribution is -0.147. The number of rotatable bonds is 4. The number of aliphatic hydroxyl groups excluding tert-OH is 1. The number of hydrogen-bond donors (Lipinski definition) is 5. The molecule has 0 saturated carbocycles. The minimum atomic E-state index is -0.677. The number of fused-ring (bicyclic) bond motifs is 1. The number of hydrogen-bond acceptors (Lipinski definition) is 8. The van der Waals surface area contributed by atoms with E-state index in [1.165, 1.54) is 19.3 Å². The highest BCUT2D eigenvalue weighted by molar-refractivity contribution is 5.90. The predicted molar refractivity (Wildman–Crippen MR) is 116 cm³/mol. The third kappa shape index (κ3) is 4.60. The quantitative estimate of drug-likeness (QED) is 0.365. The minimum Gasteiger partial charge on any atom is -0.391 e. The van der Waals surface area contributed by atoms with Crippen LogP contribution in [-0.4, -0.2) is 101 Å². The summed E-state index contributed by atoms with van der Waals surface area (Å²) in [6.07, 6.45) is 3.81. The molecule has 10 heteroatoms. The Morgan fingerprint density at radius 2 is 1.90 bits per heavy atom. The summed E-state index contributed by atoms with van der Waals surface area (Å²) in [5.41, 5.74) is 6.30. The molecule has 2 amide bonds. The molecular formula is C21H39N7O3. The van der Waals surface area contributed by atoms with Crippen LogP contribution in [0.4, 0.5) is 0 Å². The molecule has 4 heterocycles. The molecule has 6 atom stereocenters. The molecular weight excluding hydrogens is 398 g/mol. The van der Waals surface area contributed by atoms with Gasteiger partial charge in [0.05, 0.1) is 18.3 Å². The first kappa shape index (κ1) is 22.9. The van der Waals surface area contributed by atoms with Crippen molar-refractivity contribution in [2.75, 3.05) is 33.2 Å². The third-order valence-corrected chi connectivity index (χ3v) is 7.20. The van der Waals surface area contributed by atoms with Crippen LogP contribution >= 0.6 is 0 Å². The second kappa shape index (κ2) is 8.92. The molecule has 0 spiro atoms. The second-order valence-electron chi connectivity index (χ2n) is 10.6. The zero-order valence-electron chi connectivity index (χ0n) is 19.2. The van der Waals surface area contributed by atoms with Crippen molar-refractivity contribution < 1.29 is 14.7 Å². The number of β-amino-alcohol motifs (C(OH)–C–C–N with tert-alkyl or cyclic N) is 1. The maximum absolute atomic E-state index is 13.7. The van der Waals surface area contributed by atoms with Gasteiger partial charge in [0.15, 0.2) is 0 Å². The molecule has 0 aliphatic carbocycles. The second-order valence-corrected chi connectivity index (χ2v) is 10.6. The number of nitrogens with zero attached hydrogens (tertiary/aromatic N) is 3. The van der Waals surface area contributed by atoms with Crippen LogP contribution in [0.5, 0.6) is 0 Å². The standard InChI is InChI=1S/C21H39N7O3/c1-21(2,3)18(20(31)27-10-13(29)9-16(27)19(30)22-4)28-12-15(24-25-28)14-11-26-8-6-5-7-17(26)23-14/h13-18,23-25,29H,5-12H2,1-4H3,(H,22,30)/t13-,14?,15?,16+,17?,18-/m1/s1. The van der Waals surface area contributed by atoms with Crippen LogP contribution in [0.15, 0.2) is 0 Å². The van der Waals surface area contributed by atoms with Crippen LogP contribution in [-0.2, 0) is 9.59 Å². The van der Waals surface area contributed by atoms with Crippen LogP contribution < -0.4 is 21.6 Å². The average Bonchev–Trinajstić information content (AvgIpc) is 3.43. The van der Waals surface area contributed by atoms with Gasteiger partial charge in [0.2, 0.25) is 11.8 Å². The van der Waals surface area contributed by atoms with Crippen molar-refractivity contribution >= 4 is 11.8 Å². The summed E-state index contributed by atoms with van der Waals surface area (Å²) < 4.78 is 0. The number of carbonyl (C=O) groups is 2. The van der Waals surface area contributed by atoms with Crippen molar-refractivity contribution in [2.45, 2.75) is 82.9 Å². The van der Waals surface area contributed by atoms with Gasteiger partial charge in [-0.1, -0.05) is 20.8 Å². The molecule has 176 valence electrons. The monoisotopic (exact) mass is 437 g/mol. The van der Waals surface area contributed by atoms with E-state index in [9.17, 15) is 14.7 Å². The van der Waals surface area contributed by atoms with Gasteiger partial charge in [-0.15, -0.1) is 0 Å². The highest BCUT2D eigenvalue weighted by Crippen LogP contribution is 2.30. The molecule has 4 saturated heterocycles. The first-order valence-corrected chi connectivity index (χ1v) is 11.7. The Morgan fingerprint density at radius 3 is 2.58 bits per heavy atom. The van der Waals surface area contributed by atoms with Crippen molar-refractivity contribution in [1.82, 2.24) is 36.4 Å². The zero-order chi connectivity index (χ0) is 22.3. The van der Waals surface area contributed by atoms with Crippen molar-refractivity contribution in [1.29, 1.82) is 0 Å². The number of likely N-dealkylation sites (tertiary alicyclic amines) is 1. The van der Waals surface area contributed by atoms with Gasteiger partial charge < -0.3 is 15.3 Å². The van der Waals surface area contributed by atoms with E-state index in [-0.39, 0.29) is 36.2 Å². The zero-order valence-corrected chi connectivity index (χ0v) is 19.2. The Bertz CT molecular complexity index is 670. The van der Waals surface area contributed by atoms with Crippen LogP contribution in [0.2, 0.25) is 0 Å². The summed E-state index contributed by atoms with van der Waals surface area (Å²) in [6.45, 7) is 9.17. The number of carbonyl (C=O) groups excluding carboxylic acids is 2. The van der Waals surface area contributed by atoms with E-state index >= 15 is 0 Å². The summed E-state index contributed by atoms with van der Waals surface area (Å²) in [5, 5.41) is 18.6. The molecule has 3 unspecified atom stereocenters. The van der Waals surface area contributed by atoms with Gasteiger partial charge in [0.25, 0.3) is 0 Å². The molecule has 31 heavy (non-hydrogen) atoms. The summed E-state index contributed by atoms with van der Waals surface area (Å²) >= 11 is 0. The number of amides is 2. The molecule has 4 fully saturated rings. The van der Waals surface area contributed by atoms with Gasteiger partial charge in [-0.3, -0.25) is 19.8 Å². The molecule has 4 aliphatic heterocycles. The number of piperidine rings is 1. The van der Waals surface area contributed by atoms with E-state index in [4.69, 9.17) is 0 Å². The molecule has 4 aliphatic rings. The van der Waals surface area contributed by atoms with Crippen molar-refractivity contribution in [2.24, 2.45) is 5.41 Å². The molecule has 5 N–H and O–H groups in total. The Hall–Kier alpha value is -1.30. The van der Waals surface area contributed by atoms with Crippen LogP contribution in [0.3, 0.4) is 0 Å². The van der Waals surface area contributed by atoms with Crippen molar-refractivity contribution in [3.63, 3.8) is 0 Å². The lowest BCUT2D eigenvalue weighted by Crippen LogP contribution is -2.60. The Morgan fingerprint density at radius 1 is 1.13 bits per heavy atom. The van der Waals surface area contributed by atoms with Gasteiger partial charge in [-0.25, -0.2) is 10.4 Å². The number of hydrazine groups is 2. The van der Waals surface area contributed by atoms with Crippen LogP contribution in [0, 0.1) is 5.41 Å². The van der Waals surface area contributed by atoms with Gasteiger partial charge in [-0.05, 0) is 31.2 Å². The third-order valence-electron chi connectivity index (χ3n) is 7.20. The van der Waals surface area contributed by atoms with Gasteiger partial charge in [0.1, 0.15) is 12.1 Å². The smallest absolute Gasteiger partial charge is 0.242 e. The highest BCUT2D eigenvalue weighted by Gasteiger charge is 2.48. The molecule has 0 aromatic rings. The maximum Gasteiger partial charge on any atom is 0.242 e. The number of aliphatic hydroxyl groups is 1. The van der Waals surface area contributed by atoms with E-state index in [1.807, 2.05) is 25.8 Å². The predicted octanol–water partition coefficient (Wildman–Crippen LogP) is -1.41. The Labute approximate surface area is 185 Å². The largest absolute Gasteiger partial charge is 0.391 e. The SMILES string of the molecule is CNC(=O)[C@@H]1C[C@@H](O)CN1C(=O)[C@@H](N1CC(C2CN3CCCCC3N2)NN1)C(C)(C)C. The Kier molecular flexibility index (Phi) is 6.58. The van der Waals surface area contributed by atoms with E-state index in [0.29, 0.717) is 18.8 Å². The minimum absolute atomic E-state index is 0.121. The first-order valence-electron chi connectivity index (χ1n) is 11.7. The van der Waals surface area contributed by atoms with Crippen molar-refractivity contribution in [3.05, 3.63) is 0 Å². The maximum atomic E-state index is 13.7. The molecule has 0 aromatic carbocycles. The van der Waals surface area contributed by atoms with E-state index in [1.54, 1.807) is 11.9 Å². The number of nitrogens with one attached hydrogen (secondary N) is 4. The number of likely N-dealkylation sites (N-methyl/N-ethyl adjacent to an activating group) is 1.